The molecule has 0 heterocycles. The van der Waals surface area contributed by atoms with Crippen molar-refractivity contribution in [2.75, 3.05) is 13.2 Å². The van der Waals surface area contributed by atoms with E-state index in [-0.39, 0.29) is 19.1 Å². The van der Waals surface area contributed by atoms with E-state index < -0.39 is 11.7 Å². The van der Waals surface area contributed by atoms with Crippen LogP contribution in [-0.4, -0.2) is 19.1 Å². The lowest BCUT2D eigenvalue weighted by Crippen LogP contribution is -2.28. The first-order valence-electron chi connectivity index (χ1n) is 6.71. The summed E-state index contributed by atoms with van der Waals surface area (Å²) < 4.78 is 43.4. The molecule has 0 saturated heterocycles. The van der Waals surface area contributed by atoms with Crippen LogP contribution < -0.4 is 10.1 Å². The zero-order chi connectivity index (χ0) is 16.9. The largest absolute Gasteiger partial charge is 0.492 e. The van der Waals surface area contributed by atoms with E-state index in [1.807, 2.05) is 12.1 Å². The molecule has 0 fully saturated rings. The third-order valence-electron chi connectivity index (χ3n) is 2.96. The van der Waals surface area contributed by atoms with E-state index in [2.05, 4.69) is 27.9 Å². The van der Waals surface area contributed by atoms with Gasteiger partial charge in [0.05, 0.1) is 17.7 Å². The number of hydrogen-bond donors (Lipinski definition) is 1. The summed E-state index contributed by atoms with van der Waals surface area (Å²) in [5.74, 6) is 0.104. The van der Waals surface area contributed by atoms with Gasteiger partial charge in [-0.15, -0.1) is 0 Å². The van der Waals surface area contributed by atoms with Gasteiger partial charge in [-0.2, -0.15) is 13.2 Å². The quantitative estimate of drug-likeness (QED) is 0.567. The summed E-state index contributed by atoms with van der Waals surface area (Å²) in [7, 11) is 0. The average Bonchev–Trinajstić information content (AvgIpc) is 2.51. The van der Waals surface area contributed by atoms with Gasteiger partial charge in [0.1, 0.15) is 12.4 Å². The minimum atomic E-state index is -4.36. The van der Waals surface area contributed by atoms with Crippen molar-refractivity contribution < 1.29 is 22.7 Å². The smallest absolute Gasteiger partial charge is 0.416 e. The van der Waals surface area contributed by atoms with Crippen LogP contribution in [0.3, 0.4) is 0 Å². The summed E-state index contributed by atoms with van der Waals surface area (Å²) in [5, 5.41) is 2.70. The summed E-state index contributed by atoms with van der Waals surface area (Å²) in [6, 6.07) is 11.6. The van der Waals surface area contributed by atoms with Crippen LogP contribution >= 0.6 is 22.6 Å². The van der Waals surface area contributed by atoms with Gasteiger partial charge in [0.15, 0.2) is 0 Å². The number of halogens is 4. The minimum Gasteiger partial charge on any atom is -0.492 e. The molecule has 0 radical (unpaired) electrons. The Bertz CT molecular complexity index is 672. The van der Waals surface area contributed by atoms with Gasteiger partial charge in [-0.25, -0.2) is 0 Å². The molecule has 3 nitrogen and oxygen atoms in total. The van der Waals surface area contributed by atoms with E-state index >= 15 is 0 Å². The molecule has 0 spiro atoms. The fourth-order valence-corrected chi connectivity index (χ4v) is 2.45. The van der Waals surface area contributed by atoms with E-state index in [1.54, 1.807) is 12.1 Å². The number of carbonyl (C=O) groups is 1. The van der Waals surface area contributed by atoms with E-state index in [4.69, 9.17) is 4.74 Å². The molecule has 0 bridgehead atoms. The SMILES string of the molecule is O=C(NCCOc1ccc(C(F)(F)F)cc1)c1ccccc1I. The number of nitrogens with one attached hydrogen (secondary N) is 1. The second-order valence-electron chi connectivity index (χ2n) is 4.61. The van der Waals surface area contributed by atoms with Gasteiger partial charge >= 0.3 is 6.18 Å². The molecule has 0 atom stereocenters. The lowest BCUT2D eigenvalue weighted by atomic mass is 10.2. The zero-order valence-electron chi connectivity index (χ0n) is 11.9. The Morgan fingerprint density at radius 2 is 1.74 bits per heavy atom. The van der Waals surface area contributed by atoms with E-state index in [0.29, 0.717) is 11.3 Å². The van der Waals surface area contributed by atoms with Crippen LogP contribution in [0.15, 0.2) is 48.5 Å². The average molecular weight is 435 g/mol. The highest BCUT2D eigenvalue weighted by atomic mass is 127. The third kappa shape index (κ3) is 5.12. The summed E-state index contributed by atoms with van der Waals surface area (Å²) in [5.41, 5.74) is -0.153. The monoisotopic (exact) mass is 435 g/mol. The highest BCUT2D eigenvalue weighted by Gasteiger charge is 2.29. The molecule has 2 aromatic rings. The van der Waals surface area contributed by atoms with Gasteiger partial charge in [-0.1, -0.05) is 12.1 Å². The summed E-state index contributed by atoms with van der Waals surface area (Å²) in [6.45, 7) is 0.422. The molecule has 0 aromatic heterocycles. The summed E-state index contributed by atoms with van der Waals surface area (Å²) in [6.07, 6.45) is -4.36. The maximum atomic E-state index is 12.4. The standard InChI is InChI=1S/C16H13F3INO2/c17-16(18,19)11-5-7-12(8-6-11)23-10-9-21-15(22)13-3-1-2-4-14(13)20/h1-8H,9-10H2,(H,21,22). The highest BCUT2D eigenvalue weighted by molar-refractivity contribution is 14.1. The van der Waals surface area contributed by atoms with E-state index in [0.717, 1.165) is 15.7 Å². The van der Waals surface area contributed by atoms with Crippen molar-refractivity contribution in [3.8, 4) is 5.75 Å². The van der Waals surface area contributed by atoms with Crippen molar-refractivity contribution in [3.63, 3.8) is 0 Å². The predicted octanol–water partition coefficient (Wildman–Crippen LogP) is 4.12. The number of rotatable bonds is 5. The normalized spacial score (nSPS) is 11.1. The van der Waals surface area contributed by atoms with E-state index in [9.17, 15) is 18.0 Å². The predicted molar refractivity (Wildman–Crippen MR) is 88.4 cm³/mol. The van der Waals surface area contributed by atoms with Gasteiger partial charge in [-0.3, -0.25) is 4.79 Å². The Morgan fingerprint density at radius 3 is 2.35 bits per heavy atom. The molecule has 23 heavy (non-hydrogen) atoms. The zero-order valence-corrected chi connectivity index (χ0v) is 14.0. The van der Waals surface area contributed by atoms with Crippen LogP contribution in [0, 0.1) is 3.57 Å². The number of benzene rings is 2. The Labute approximate surface area is 145 Å². The van der Waals surface area contributed by atoms with Crippen LogP contribution in [0.2, 0.25) is 0 Å². The first-order valence-corrected chi connectivity index (χ1v) is 7.78. The van der Waals surface area contributed by atoms with Gasteiger partial charge in [0.25, 0.3) is 5.91 Å². The number of carbonyl (C=O) groups excluding carboxylic acids is 1. The van der Waals surface area contributed by atoms with Crippen molar-refractivity contribution in [2.45, 2.75) is 6.18 Å². The number of ether oxygens (including phenoxy) is 1. The first-order chi connectivity index (χ1) is 10.9. The number of hydrogen-bond acceptors (Lipinski definition) is 2. The van der Waals surface area contributed by atoms with Gasteiger partial charge in [0.2, 0.25) is 0 Å². The second kappa shape index (κ2) is 7.67. The molecular weight excluding hydrogens is 422 g/mol. The maximum Gasteiger partial charge on any atom is 0.416 e. The lowest BCUT2D eigenvalue weighted by Gasteiger charge is -2.10. The molecule has 2 aromatic carbocycles. The minimum absolute atomic E-state index is 0.167. The van der Waals surface area contributed by atoms with Gasteiger partial charge < -0.3 is 10.1 Å². The molecule has 2 rings (SSSR count). The number of alkyl halides is 3. The molecule has 122 valence electrons. The Morgan fingerprint density at radius 1 is 1.09 bits per heavy atom. The topological polar surface area (TPSA) is 38.3 Å². The molecule has 1 N–H and O–H groups in total. The Kier molecular flexibility index (Phi) is 5.86. The summed E-state index contributed by atoms with van der Waals surface area (Å²) >= 11 is 2.07. The van der Waals surface area contributed by atoms with Crippen LogP contribution in [0.25, 0.3) is 0 Å². The Balaban J connectivity index is 1.79. The number of amides is 1. The van der Waals surface area contributed by atoms with Crippen molar-refractivity contribution in [3.05, 3.63) is 63.2 Å². The molecule has 0 saturated carbocycles. The van der Waals surface area contributed by atoms with Gasteiger partial charge in [-0.05, 0) is 59.0 Å². The molecule has 0 aliphatic heterocycles. The summed E-state index contributed by atoms with van der Waals surface area (Å²) in [4.78, 5) is 11.9. The molecular formula is C16H13F3INO2. The third-order valence-corrected chi connectivity index (χ3v) is 3.90. The first kappa shape index (κ1) is 17.6. The Hall–Kier alpha value is -1.77. The van der Waals surface area contributed by atoms with Crippen LogP contribution in [0.5, 0.6) is 5.75 Å². The van der Waals surface area contributed by atoms with Crippen molar-refractivity contribution in [1.29, 1.82) is 0 Å². The van der Waals surface area contributed by atoms with Crippen LogP contribution in [0.1, 0.15) is 15.9 Å². The maximum absolute atomic E-state index is 12.4. The molecule has 0 aliphatic rings. The highest BCUT2D eigenvalue weighted by Crippen LogP contribution is 2.30. The van der Waals surface area contributed by atoms with Gasteiger partial charge in [0, 0.05) is 3.57 Å². The van der Waals surface area contributed by atoms with Crippen LogP contribution in [0.4, 0.5) is 13.2 Å². The van der Waals surface area contributed by atoms with Crippen molar-refractivity contribution >= 4 is 28.5 Å². The molecule has 0 unspecified atom stereocenters. The van der Waals surface area contributed by atoms with E-state index in [1.165, 1.54) is 12.1 Å². The second-order valence-corrected chi connectivity index (χ2v) is 5.77. The molecule has 0 aliphatic carbocycles. The van der Waals surface area contributed by atoms with Crippen molar-refractivity contribution in [1.82, 2.24) is 5.32 Å². The van der Waals surface area contributed by atoms with Crippen LogP contribution in [-0.2, 0) is 6.18 Å². The molecule has 1 amide bonds. The molecule has 7 heteroatoms. The lowest BCUT2D eigenvalue weighted by molar-refractivity contribution is -0.137. The fraction of sp³-hybridized carbons (Fsp3) is 0.188. The fourth-order valence-electron chi connectivity index (χ4n) is 1.81. The van der Waals surface area contributed by atoms with Crippen molar-refractivity contribution in [2.24, 2.45) is 0 Å².